The van der Waals surface area contributed by atoms with Crippen LogP contribution in [-0.4, -0.2) is 17.6 Å². The Hall–Kier alpha value is -2.33. The highest BCUT2D eigenvalue weighted by atomic mass is 35.5. The molecule has 5 heteroatoms. The molecule has 0 bridgehead atoms. The van der Waals surface area contributed by atoms with E-state index in [0.717, 1.165) is 11.3 Å². The van der Waals surface area contributed by atoms with Crippen LogP contribution in [0.3, 0.4) is 0 Å². The van der Waals surface area contributed by atoms with Crippen molar-refractivity contribution in [1.29, 1.82) is 0 Å². The first-order valence-corrected chi connectivity index (χ1v) is 7.35. The summed E-state index contributed by atoms with van der Waals surface area (Å²) < 4.78 is 5.10. The Bertz CT molecular complexity index is 630. The third-order valence-electron chi connectivity index (χ3n) is 2.82. The number of alkyl carbamates (subject to hydrolysis) is 1. The van der Waals surface area contributed by atoms with Gasteiger partial charge in [0, 0.05) is 6.54 Å². The molecule has 0 aliphatic rings. The number of benzene rings is 1. The van der Waals surface area contributed by atoms with Gasteiger partial charge in [-0.2, -0.15) is 0 Å². The minimum atomic E-state index is -0.418. The Balaban J connectivity index is 1.63. The maximum absolute atomic E-state index is 11.5. The molecule has 0 saturated carbocycles. The summed E-state index contributed by atoms with van der Waals surface area (Å²) in [4.78, 5) is 15.6. The lowest BCUT2D eigenvalue weighted by Gasteiger charge is -2.05. The van der Waals surface area contributed by atoms with Gasteiger partial charge in [0.25, 0.3) is 0 Å². The van der Waals surface area contributed by atoms with E-state index in [-0.39, 0.29) is 6.61 Å². The highest BCUT2D eigenvalue weighted by Gasteiger charge is 2.00. The first kappa shape index (κ1) is 16.0. The van der Waals surface area contributed by atoms with Gasteiger partial charge in [-0.05, 0) is 30.2 Å². The number of rotatable bonds is 6. The number of carbonyl (C=O) groups is 1. The molecule has 1 aromatic heterocycles. The molecular weight excluding hydrogens is 300 g/mol. The zero-order chi connectivity index (χ0) is 15.6. The van der Waals surface area contributed by atoms with Crippen LogP contribution in [0.25, 0.3) is 6.08 Å². The Morgan fingerprint density at radius 3 is 2.77 bits per heavy atom. The molecule has 1 amide bonds. The highest BCUT2D eigenvalue weighted by Crippen LogP contribution is 2.06. The SMILES string of the molecule is O=C(NCCC=Cc1cccc(Cl)n1)OCc1ccccc1. The predicted octanol–water partition coefficient (Wildman–Crippen LogP) is 4.06. The van der Waals surface area contributed by atoms with Crippen molar-refractivity contribution in [2.24, 2.45) is 0 Å². The Labute approximate surface area is 134 Å². The third-order valence-corrected chi connectivity index (χ3v) is 3.03. The Morgan fingerprint density at radius 1 is 1.18 bits per heavy atom. The van der Waals surface area contributed by atoms with E-state index < -0.39 is 6.09 Å². The summed E-state index contributed by atoms with van der Waals surface area (Å²) in [7, 11) is 0. The minimum Gasteiger partial charge on any atom is -0.445 e. The first-order chi connectivity index (χ1) is 10.7. The van der Waals surface area contributed by atoms with Gasteiger partial charge in [0.15, 0.2) is 0 Å². The minimum absolute atomic E-state index is 0.273. The van der Waals surface area contributed by atoms with E-state index in [1.165, 1.54) is 0 Å². The lowest BCUT2D eigenvalue weighted by Crippen LogP contribution is -2.24. The van der Waals surface area contributed by atoms with Gasteiger partial charge in [-0.25, -0.2) is 9.78 Å². The summed E-state index contributed by atoms with van der Waals surface area (Å²) in [5.74, 6) is 0. The number of aromatic nitrogens is 1. The Kier molecular flexibility index (Phi) is 6.45. The normalized spacial score (nSPS) is 10.6. The van der Waals surface area contributed by atoms with Crippen LogP contribution in [0, 0.1) is 0 Å². The standard InChI is InChI=1S/C17H17ClN2O2/c18-16-11-6-10-15(20-16)9-4-5-12-19-17(21)22-13-14-7-2-1-3-8-14/h1-4,6-11H,5,12-13H2,(H,19,21). The van der Waals surface area contributed by atoms with E-state index in [4.69, 9.17) is 16.3 Å². The number of ether oxygens (including phenoxy) is 1. The second kappa shape index (κ2) is 8.85. The fraction of sp³-hybridized carbons (Fsp3) is 0.176. The number of nitrogens with one attached hydrogen (secondary N) is 1. The van der Waals surface area contributed by atoms with Gasteiger partial charge in [0.05, 0.1) is 5.69 Å². The molecule has 0 aliphatic carbocycles. The van der Waals surface area contributed by atoms with Gasteiger partial charge in [0.1, 0.15) is 11.8 Å². The van der Waals surface area contributed by atoms with Crippen molar-refractivity contribution in [2.75, 3.05) is 6.54 Å². The first-order valence-electron chi connectivity index (χ1n) is 6.98. The molecule has 0 saturated heterocycles. The fourth-order valence-corrected chi connectivity index (χ4v) is 1.92. The number of pyridine rings is 1. The third kappa shape index (κ3) is 5.97. The highest BCUT2D eigenvalue weighted by molar-refractivity contribution is 6.29. The van der Waals surface area contributed by atoms with Gasteiger partial charge in [-0.15, -0.1) is 0 Å². The summed E-state index contributed by atoms with van der Waals surface area (Å²) in [6.07, 6.45) is 4.06. The molecule has 22 heavy (non-hydrogen) atoms. The molecule has 114 valence electrons. The second-order valence-corrected chi connectivity index (χ2v) is 4.95. The molecule has 0 unspecified atom stereocenters. The monoisotopic (exact) mass is 316 g/mol. The molecule has 0 atom stereocenters. The van der Waals surface area contributed by atoms with Crippen molar-refractivity contribution in [2.45, 2.75) is 13.0 Å². The maximum Gasteiger partial charge on any atom is 0.407 e. The summed E-state index contributed by atoms with van der Waals surface area (Å²) in [5, 5.41) is 3.15. The summed E-state index contributed by atoms with van der Waals surface area (Å²) in [5.41, 5.74) is 1.75. The van der Waals surface area contributed by atoms with Crippen LogP contribution in [0.5, 0.6) is 0 Å². The average Bonchev–Trinajstić information content (AvgIpc) is 2.54. The average molecular weight is 317 g/mol. The van der Waals surface area contributed by atoms with Crippen LogP contribution in [0.15, 0.2) is 54.6 Å². The summed E-state index contributed by atoms with van der Waals surface area (Å²) in [6.45, 7) is 0.777. The van der Waals surface area contributed by atoms with E-state index in [1.54, 1.807) is 6.07 Å². The van der Waals surface area contributed by atoms with Gasteiger partial charge in [-0.3, -0.25) is 0 Å². The molecule has 1 aromatic carbocycles. The number of halogens is 1. The van der Waals surface area contributed by atoms with Gasteiger partial charge < -0.3 is 10.1 Å². The fourth-order valence-electron chi connectivity index (χ4n) is 1.75. The molecule has 1 N–H and O–H groups in total. The molecule has 4 nitrogen and oxygen atoms in total. The van der Waals surface area contributed by atoms with Gasteiger partial charge in [-0.1, -0.05) is 54.1 Å². The summed E-state index contributed by atoms with van der Waals surface area (Å²) in [6, 6.07) is 15.0. The van der Waals surface area contributed by atoms with Crippen molar-refractivity contribution >= 4 is 23.8 Å². The molecule has 1 heterocycles. The molecule has 0 spiro atoms. The van der Waals surface area contributed by atoms with Crippen LogP contribution in [0.1, 0.15) is 17.7 Å². The maximum atomic E-state index is 11.5. The topological polar surface area (TPSA) is 51.2 Å². The molecule has 2 aromatic rings. The van der Waals surface area contributed by atoms with Crippen LogP contribution < -0.4 is 5.32 Å². The van der Waals surface area contributed by atoms with E-state index in [1.807, 2.05) is 54.6 Å². The molecular formula is C17H17ClN2O2. The van der Waals surface area contributed by atoms with Crippen LogP contribution in [0.2, 0.25) is 5.15 Å². The van der Waals surface area contributed by atoms with Crippen LogP contribution >= 0.6 is 11.6 Å². The van der Waals surface area contributed by atoms with Crippen molar-refractivity contribution in [1.82, 2.24) is 10.3 Å². The number of carbonyl (C=O) groups excluding carboxylic acids is 1. The lowest BCUT2D eigenvalue weighted by atomic mass is 10.2. The van der Waals surface area contributed by atoms with Crippen molar-refractivity contribution in [3.05, 3.63) is 71.0 Å². The molecule has 0 radical (unpaired) electrons. The van der Waals surface area contributed by atoms with Crippen LogP contribution in [-0.2, 0) is 11.3 Å². The number of nitrogens with zero attached hydrogens (tertiary/aromatic N) is 1. The number of hydrogen-bond donors (Lipinski definition) is 1. The second-order valence-electron chi connectivity index (χ2n) is 4.56. The Morgan fingerprint density at radius 2 is 2.00 bits per heavy atom. The lowest BCUT2D eigenvalue weighted by molar-refractivity contribution is 0.140. The zero-order valence-electron chi connectivity index (χ0n) is 12.0. The van der Waals surface area contributed by atoms with E-state index in [9.17, 15) is 4.79 Å². The number of hydrogen-bond acceptors (Lipinski definition) is 3. The largest absolute Gasteiger partial charge is 0.445 e. The van der Waals surface area contributed by atoms with Crippen LogP contribution in [0.4, 0.5) is 4.79 Å². The summed E-state index contributed by atoms with van der Waals surface area (Å²) >= 11 is 5.79. The van der Waals surface area contributed by atoms with Gasteiger partial charge >= 0.3 is 6.09 Å². The zero-order valence-corrected chi connectivity index (χ0v) is 12.8. The van der Waals surface area contributed by atoms with E-state index in [2.05, 4.69) is 10.3 Å². The van der Waals surface area contributed by atoms with Crippen molar-refractivity contribution in [3.8, 4) is 0 Å². The molecule has 0 aliphatic heterocycles. The van der Waals surface area contributed by atoms with Crippen molar-refractivity contribution < 1.29 is 9.53 Å². The molecule has 0 fully saturated rings. The molecule has 2 rings (SSSR count). The quantitative estimate of drug-likeness (QED) is 0.645. The van der Waals surface area contributed by atoms with Gasteiger partial charge in [0.2, 0.25) is 0 Å². The van der Waals surface area contributed by atoms with E-state index in [0.29, 0.717) is 18.1 Å². The smallest absolute Gasteiger partial charge is 0.407 e. The predicted molar refractivity (Wildman–Crippen MR) is 87.5 cm³/mol. The van der Waals surface area contributed by atoms with E-state index >= 15 is 0 Å². The number of amides is 1. The van der Waals surface area contributed by atoms with Crippen molar-refractivity contribution in [3.63, 3.8) is 0 Å².